The van der Waals surface area contributed by atoms with Crippen LogP contribution < -0.4 is 10.2 Å². The fraction of sp³-hybridized carbons (Fsp3) is 0.720. The number of carboxylic acids is 2. The number of aliphatic hydroxyl groups is 2. The molecule has 0 saturated carbocycles. The van der Waals surface area contributed by atoms with Crippen LogP contribution in [0.2, 0.25) is 0 Å². The third-order valence-electron chi connectivity index (χ3n) is 10.8. The van der Waals surface area contributed by atoms with Gasteiger partial charge in [0.2, 0.25) is 0 Å². The van der Waals surface area contributed by atoms with Crippen molar-refractivity contribution in [1.82, 2.24) is 0 Å². The Balaban J connectivity index is 0.00000112. The average molecular weight is 949 g/mol. The van der Waals surface area contributed by atoms with E-state index in [0.29, 0.717) is 13.2 Å². The molecule has 0 amide bonds. The fourth-order valence-electron chi connectivity index (χ4n) is 7.38. The third kappa shape index (κ3) is 38.2. The van der Waals surface area contributed by atoms with Crippen molar-refractivity contribution in [1.29, 1.82) is 0 Å². The number of unbranched alkanes of at least 4 members (excludes halogenated alkanes) is 16. The van der Waals surface area contributed by atoms with E-state index in [0.717, 1.165) is 103 Å². The van der Waals surface area contributed by atoms with Gasteiger partial charge in [0, 0.05) is 11.9 Å². The van der Waals surface area contributed by atoms with Gasteiger partial charge >= 0.3 is 48.9 Å². The van der Waals surface area contributed by atoms with Crippen molar-refractivity contribution < 1.29 is 39.5 Å². The van der Waals surface area contributed by atoms with E-state index < -0.39 is 11.9 Å². The Morgan fingerprint density at radius 1 is 0.475 bits per heavy atom. The van der Waals surface area contributed by atoms with Crippen molar-refractivity contribution in [2.24, 2.45) is 0 Å². The van der Waals surface area contributed by atoms with E-state index in [2.05, 4.69) is 38.1 Å². The van der Waals surface area contributed by atoms with Gasteiger partial charge in [0.05, 0.1) is 37.6 Å². The minimum absolute atomic E-state index is 0. The number of ether oxygens (including phenoxy) is 2. The van der Waals surface area contributed by atoms with E-state index in [-0.39, 0.29) is 86.1 Å². The summed E-state index contributed by atoms with van der Waals surface area (Å²) in [4.78, 5) is 20.7. The molecule has 8 nitrogen and oxygen atoms in total. The summed E-state index contributed by atoms with van der Waals surface area (Å²) in [7, 11) is 0. The van der Waals surface area contributed by atoms with Crippen molar-refractivity contribution >= 4 is 60.8 Å². The fourth-order valence-corrected chi connectivity index (χ4v) is 7.38. The monoisotopic (exact) mass is 949 g/mol. The van der Waals surface area contributed by atoms with Crippen molar-refractivity contribution in [2.45, 2.75) is 231 Å². The van der Waals surface area contributed by atoms with Gasteiger partial charge in [0.15, 0.2) is 0 Å². The van der Waals surface area contributed by atoms with Gasteiger partial charge in [-0.3, -0.25) is 0 Å². The number of carbonyl (C=O) groups is 2. The Labute approximate surface area is 400 Å². The maximum atomic E-state index is 10.4. The quantitative estimate of drug-likeness (QED) is 0.0501. The molecule has 332 valence electrons. The minimum atomic E-state index is -0.934. The summed E-state index contributed by atoms with van der Waals surface area (Å²) < 4.78 is 12.1. The first-order valence-corrected chi connectivity index (χ1v) is 23.3. The van der Waals surface area contributed by atoms with Gasteiger partial charge in [-0.15, -0.1) is 0 Å². The number of aliphatic carboxylic acids is 2. The molecule has 0 spiro atoms. The van der Waals surface area contributed by atoms with E-state index in [9.17, 15) is 30.0 Å². The van der Waals surface area contributed by atoms with E-state index in [4.69, 9.17) is 9.47 Å². The Hall–Kier alpha value is -1.21. The predicted molar refractivity (Wildman–Crippen MR) is 238 cm³/mol. The second kappa shape index (κ2) is 42.1. The summed E-state index contributed by atoms with van der Waals surface area (Å²) in [5.41, 5.74) is 2.36. The number of hydrogen-bond acceptors (Lipinski definition) is 8. The molecule has 2 N–H and O–H groups in total. The van der Waals surface area contributed by atoms with Gasteiger partial charge in [-0.25, -0.2) is 0 Å². The molecule has 59 heavy (non-hydrogen) atoms. The molecule has 0 bridgehead atoms. The van der Waals surface area contributed by atoms with Gasteiger partial charge in [0.25, 0.3) is 0 Å². The number of carbonyl (C=O) groups excluding carboxylic acids is 2. The molecule has 0 aliphatic rings. The summed E-state index contributed by atoms with van der Waals surface area (Å²) in [6.07, 6.45) is 27.3. The molecule has 0 aliphatic carbocycles. The van der Waals surface area contributed by atoms with Crippen LogP contribution in [0.5, 0.6) is 0 Å². The van der Waals surface area contributed by atoms with Crippen LogP contribution in [0, 0.1) is 0 Å². The molecule has 0 radical (unpaired) electrons. The number of aliphatic hydroxyl groups excluding tert-OH is 2. The first-order valence-electron chi connectivity index (χ1n) is 23.3. The van der Waals surface area contributed by atoms with Crippen molar-refractivity contribution in [3.05, 3.63) is 71.8 Å². The molecule has 9 heteroatoms. The van der Waals surface area contributed by atoms with Crippen molar-refractivity contribution in [2.75, 3.05) is 0 Å². The smallest absolute Gasteiger partial charge is 0.550 e. The van der Waals surface area contributed by atoms with Crippen LogP contribution in [0.25, 0.3) is 0 Å². The maximum Gasteiger partial charge on any atom is 2.00 e. The Morgan fingerprint density at radius 3 is 1.05 bits per heavy atom. The molecule has 4 atom stereocenters. The second-order valence-electron chi connectivity index (χ2n) is 16.4. The minimum Gasteiger partial charge on any atom is -0.550 e. The molecular weight excluding hydrogens is 866 g/mol. The van der Waals surface area contributed by atoms with Gasteiger partial charge in [-0.05, 0) is 75.3 Å². The van der Waals surface area contributed by atoms with Crippen LogP contribution >= 0.6 is 0 Å². The average Bonchev–Trinajstić information content (AvgIpc) is 3.21. The Morgan fingerprint density at radius 2 is 0.763 bits per heavy atom. The first-order chi connectivity index (χ1) is 28.2. The van der Waals surface area contributed by atoms with E-state index in [1.54, 1.807) is 0 Å². The normalized spacial score (nSPS) is 13.1. The Bertz CT molecular complexity index is 1110. The molecule has 4 unspecified atom stereocenters. The zero-order valence-corrected chi connectivity index (χ0v) is 41.8. The van der Waals surface area contributed by atoms with Crippen LogP contribution in [0.1, 0.15) is 205 Å². The number of hydrogen-bond donors (Lipinski definition) is 2. The first kappa shape index (κ1) is 57.8. The van der Waals surface area contributed by atoms with Crippen LogP contribution in [-0.2, 0) is 32.3 Å². The van der Waals surface area contributed by atoms with Crippen molar-refractivity contribution in [3.8, 4) is 0 Å². The van der Waals surface area contributed by atoms with E-state index >= 15 is 0 Å². The number of carboxylic acid groups (broad SMARTS) is 2. The molecule has 0 aromatic heterocycles. The second-order valence-corrected chi connectivity index (χ2v) is 16.4. The topological polar surface area (TPSA) is 139 Å². The van der Waals surface area contributed by atoms with Gasteiger partial charge in [-0.2, -0.15) is 0 Å². The summed E-state index contributed by atoms with van der Waals surface area (Å²) in [5.74, 6) is -1.87. The zero-order chi connectivity index (χ0) is 42.3. The SMILES string of the molecule is CCCC(CC(O)CCCCCCCCCCCC(=O)[O-])OCc1ccccc1.CCCC(CC(O)CCCCCCCCCCCC(=O)[O-])OCc1ccccc1.[Ba+2]. The number of benzene rings is 2. The number of rotatable bonds is 38. The van der Waals surface area contributed by atoms with Gasteiger partial charge in [-0.1, -0.05) is 190 Å². The summed E-state index contributed by atoms with van der Waals surface area (Å²) in [5, 5.41) is 41.4. The standard InChI is InChI=1S/2C25H42O4.Ba/c2*1-2-15-24(29-21-22-16-11-10-12-17-22)20-23(26)18-13-8-6-4-3-5-7-9-14-19-25(27)28;/h2*10-12,16-17,23-24,26H,2-9,13-15,18-21H2,1H3,(H,27,28);/q;;+2/p-2. The molecule has 2 rings (SSSR count). The molecule has 0 saturated heterocycles. The molecular formula is C50H82BaO8. The Kier molecular flexibility index (Phi) is 41.2. The third-order valence-corrected chi connectivity index (χ3v) is 10.8. The summed E-state index contributed by atoms with van der Waals surface area (Å²) >= 11 is 0. The van der Waals surface area contributed by atoms with Crippen molar-refractivity contribution in [3.63, 3.8) is 0 Å². The zero-order valence-electron chi connectivity index (χ0n) is 37.3. The molecule has 2 aromatic rings. The molecule has 0 fully saturated rings. The predicted octanol–water partition coefficient (Wildman–Crippen LogP) is 9.95. The summed E-state index contributed by atoms with van der Waals surface area (Å²) in [6, 6.07) is 20.4. The van der Waals surface area contributed by atoms with E-state index in [1.165, 1.54) is 75.3 Å². The van der Waals surface area contributed by atoms with Gasteiger partial charge in [0.1, 0.15) is 0 Å². The largest absolute Gasteiger partial charge is 2.00 e. The van der Waals surface area contributed by atoms with Crippen LogP contribution in [0.15, 0.2) is 60.7 Å². The van der Waals surface area contributed by atoms with E-state index in [1.807, 2.05) is 36.4 Å². The van der Waals surface area contributed by atoms with Crippen LogP contribution in [-0.4, -0.2) is 95.4 Å². The molecule has 2 aromatic carbocycles. The van der Waals surface area contributed by atoms with Crippen LogP contribution in [0.3, 0.4) is 0 Å². The van der Waals surface area contributed by atoms with Gasteiger partial charge < -0.3 is 39.5 Å². The van der Waals surface area contributed by atoms with Crippen LogP contribution in [0.4, 0.5) is 0 Å². The molecule has 0 heterocycles. The maximum absolute atomic E-state index is 10.4. The molecule has 0 aliphatic heterocycles. The summed E-state index contributed by atoms with van der Waals surface area (Å²) in [6.45, 7) is 5.56.